The van der Waals surface area contributed by atoms with Crippen molar-refractivity contribution in [1.29, 1.82) is 0 Å². The molecule has 20 heavy (non-hydrogen) atoms. The smallest absolute Gasteiger partial charge is 0.238 e. The van der Waals surface area contributed by atoms with Gasteiger partial charge in [0.1, 0.15) is 0 Å². The molecular weight excluding hydrogens is 248 g/mol. The maximum atomic E-state index is 12.0. The van der Waals surface area contributed by atoms with Crippen molar-refractivity contribution < 1.29 is 4.79 Å². The highest BCUT2D eigenvalue weighted by atomic mass is 16.1. The van der Waals surface area contributed by atoms with Crippen LogP contribution < -0.4 is 10.6 Å². The summed E-state index contributed by atoms with van der Waals surface area (Å²) in [6.07, 6.45) is 3.54. The summed E-state index contributed by atoms with van der Waals surface area (Å²) < 4.78 is 0. The molecule has 0 saturated heterocycles. The standard InChI is InChI=1S/C17H28N2O/c1-5-6-9-12-18-13-16(20)19-15-11-8-7-10-14(15)17(2,3)4/h7-8,10-11,18H,5-6,9,12-13H2,1-4H3,(H,19,20). The summed E-state index contributed by atoms with van der Waals surface area (Å²) in [5.41, 5.74) is 2.11. The highest BCUT2D eigenvalue weighted by Gasteiger charge is 2.18. The molecule has 0 spiro atoms. The van der Waals surface area contributed by atoms with Crippen LogP contribution in [0.5, 0.6) is 0 Å². The average molecular weight is 276 g/mol. The lowest BCUT2D eigenvalue weighted by molar-refractivity contribution is -0.115. The Hall–Kier alpha value is -1.35. The number of nitrogens with one attached hydrogen (secondary N) is 2. The zero-order chi connectivity index (χ0) is 15.0. The van der Waals surface area contributed by atoms with E-state index in [4.69, 9.17) is 0 Å². The first kappa shape index (κ1) is 16.7. The van der Waals surface area contributed by atoms with Crippen LogP contribution in [-0.2, 0) is 10.2 Å². The van der Waals surface area contributed by atoms with Gasteiger partial charge in [0.2, 0.25) is 5.91 Å². The second kappa shape index (κ2) is 8.05. The zero-order valence-corrected chi connectivity index (χ0v) is 13.3. The van der Waals surface area contributed by atoms with E-state index in [2.05, 4.69) is 44.4 Å². The molecule has 2 N–H and O–H groups in total. The van der Waals surface area contributed by atoms with Crippen LogP contribution >= 0.6 is 0 Å². The average Bonchev–Trinajstić information content (AvgIpc) is 2.38. The summed E-state index contributed by atoms with van der Waals surface area (Å²) in [7, 11) is 0. The SMILES string of the molecule is CCCCCNCC(=O)Nc1ccccc1C(C)(C)C. The van der Waals surface area contributed by atoms with Gasteiger partial charge in [0, 0.05) is 5.69 Å². The monoisotopic (exact) mass is 276 g/mol. The number of hydrogen-bond donors (Lipinski definition) is 2. The van der Waals surface area contributed by atoms with Gasteiger partial charge in [-0.2, -0.15) is 0 Å². The summed E-state index contributed by atoms with van der Waals surface area (Å²) in [6, 6.07) is 8.01. The van der Waals surface area contributed by atoms with E-state index in [0.717, 1.165) is 18.7 Å². The summed E-state index contributed by atoms with van der Waals surface area (Å²) in [5.74, 6) is 0.0261. The molecule has 0 fully saturated rings. The third-order valence-electron chi connectivity index (χ3n) is 3.25. The Balaban J connectivity index is 2.50. The molecule has 0 aliphatic heterocycles. The van der Waals surface area contributed by atoms with Crippen molar-refractivity contribution in [3.8, 4) is 0 Å². The maximum absolute atomic E-state index is 12.0. The number of rotatable bonds is 7. The fourth-order valence-corrected chi connectivity index (χ4v) is 2.14. The number of hydrogen-bond acceptors (Lipinski definition) is 2. The summed E-state index contributed by atoms with van der Waals surface area (Å²) >= 11 is 0. The molecule has 0 aliphatic rings. The van der Waals surface area contributed by atoms with Gasteiger partial charge < -0.3 is 10.6 Å². The largest absolute Gasteiger partial charge is 0.325 e. The number of amides is 1. The van der Waals surface area contributed by atoms with Crippen LogP contribution in [0.25, 0.3) is 0 Å². The van der Waals surface area contributed by atoms with Crippen molar-refractivity contribution in [2.75, 3.05) is 18.4 Å². The minimum Gasteiger partial charge on any atom is -0.325 e. The Morgan fingerprint density at radius 1 is 1.15 bits per heavy atom. The quantitative estimate of drug-likeness (QED) is 0.746. The van der Waals surface area contributed by atoms with Gasteiger partial charge in [0.05, 0.1) is 6.54 Å². The second-order valence-corrected chi connectivity index (χ2v) is 6.23. The van der Waals surface area contributed by atoms with E-state index in [1.165, 1.54) is 18.4 Å². The molecule has 0 aliphatic carbocycles. The molecule has 3 nitrogen and oxygen atoms in total. The van der Waals surface area contributed by atoms with Gasteiger partial charge >= 0.3 is 0 Å². The normalized spacial score (nSPS) is 11.4. The van der Waals surface area contributed by atoms with Crippen LogP contribution in [0.2, 0.25) is 0 Å². The predicted octanol–water partition coefficient (Wildman–Crippen LogP) is 3.70. The van der Waals surface area contributed by atoms with Crippen LogP contribution in [-0.4, -0.2) is 19.0 Å². The van der Waals surface area contributed by atoms with Gasteiger partial charge in [0.15, 0.2) is 0 Å². The van der Waals surface area contributed by atoms with Gasteiger partial charge in [-0.3, -0.25) is 4.79 Å². The van der Waals surface area contributed by atoms with E-state index in [1.54, 1.807) is 0 Å². The van der Waals surface area contributed by atoms with Crippen molar-refractivity contribution in [2.45, 2.75) is 52.4 Å². The van der Waals surface area contributed by atoms with E-state index in [1.807, 2.05) is 18.2 Å². The third-order valence-corrected chi connectivity index (χ3v) is 3.25. The molecule has 1 aromatic rings. The second-order valence-electron chi connectivity index (χ2n) is 6.23. The van der Waals surface area contributed by atoms with Crippen molar-refractivity contribution in [1.82, 2.24) is 5.32 Å². The summed E-state index contributed by atoms with van der Waals surface area (Å²) in [4.78, 5) is 12.0. The molecule has 0 heterocycles. The molecule has 0 atom stereocenters. The van der Waals surface area contributed by atoms with Crippen molar-refractivity contribution in [3.63, 3.8) is 0 Å². The van der Waals surface area contributed by atoms with Crippen molar-refractivity contribution >= 4 is 11.6 Å². The van der Waals surface area contributed by atoms with E-state index in [-0.39, 0.29) is 11.3 Å². The topological polar surface area (TPSA) is 41.1 Å². The highest BCUT2D eigenvalue weighted by molar-refractivity contribution is 5.93. The first-order valence-corrected chi connectivity index (χ1v) is 7.55. The Morgan fingerprint density at radius 3 is 2.50 bits per heavy atom. The van der Waals surface area contributed by atoms with Crippen molar-refractivity contribution in [2.24, 2.45) is 0 Å². The van der Waals surface area contributed by atoms with E-state index in [0.29, 0.717) is 6.54 Å². The molecule has 112 valence electrons. The van der Waals surface area contributed by atoms with Crippen LogP contribution in [0.3, 0.4) is 0 Å². The Kier molecular flexibility index (Phi) is 6.73. The third kappa shape index (κ3) is 5.74. The van der Waals surface area contributed by atoms with Gasteiger partial charge in [-0.05, 0) is 30.0 Å². The van der Waals surface area contributed by atoms with Crippen LogP contribution in [0.15, 0.2) is 24.3 Å². The molecule has 1 aromatic carbocycles. The minimum atomic E-state index is 0.0261. The maximum Gasteiger partial charge on any atom is 0.238 e. The Labute approximate surface area is 123 Å². The summed E-state index contributed by atoms with van der Waals surface area (Å²) in [5, 5.41) is 6.19. The van der Waals surface area contributed by atoms with Gasteiger partial charge in [0.25, 0.3) is 0 Å². The molecule has 1 rings (SSSR count). The van der Waals surface area contributed by atoms with Crippen molar-refractivity contribution in [3.05, 3.63) is 29.8 Å². The molecule has 0 saturated carbocycles. The molecule has 0 radical (unpaired) electrons. The molecule has 0 unspecified atom stereocenters. The number of anilines is 1. The van der Waals surface area contributed by atoms with E-state index in [9.17, 15) is 4.79 Å². The number of carbonyl (C=O) groups is 1. The van der Waals surface area contributed by atoms with Gasteiger partial charge in [-0.15, -0.1) is 0 Å². The first-order valence-electron chi connectivity index (χ1n) is 7.55. The lowest BCUT2D eigenvalue weighted by Crippen LogP contribution is -2.29. The lowest BCUT2D eigenvalue weighted by Gasteiger charge is -2.23. The van der Waals surface area contributed by atoms with Crippen LogP contribution in [0, 0.1) is 0 Å². The lowest BCUT2D eigenvalue weighted by atomic mass is 9.86. The van der Waals surface area contributed by atoms with E-state index < -0.39 is 0 Å². The Morgan fingerprint density at radius 2 is 1.85 bits per heavy atom. The fraction of sp³-hybridized carbons (Fsp3) is 0.588. The van der Waals surface area contributed by atoms with Crippen LogP contribution in [0.1, 0.15) is 52.5 Å². The van der Waals surface area contributed by atoms with Crippen LogP contribution in [0.4, 0.5) is 5.69 Å². The molecule has 0 aromatic heterocycles. The number of para-hydroxylation sites is 1. The molecule has 1 amide bonds. The molecular formula is C17H28N2O. The number of carbonyl (C=O) groups excluding carboxylic acids is 1. The molecule has 3 heteroatoms. The summed E-state index contributed by atoms with van der Waals surface area (Å²) in [6.45, 7) is 9.92. The highest BCUT2D eigenvalue weighted by Crippen LogP contribution is 2.28. The Bertz CT molecular complexity index is 421. The predicted molar refractivity (Wildman–Crippen MR) is 86.2 cm³/mol. The number of benzene rings is 1. The zero-order valence-electron chi connectivity index (χ0n) is 13.3. The van der Waals surface area contributed by atoms with E-state index >= 15 is 0 Å². The first-order chi connectivity index (χ1) is 9.45. The minimum absolute atomic E-state index is 0.0261. The molecule has 0 bridgehead atoms. The van der Waals surface area contributed by atoms with Gasteiger partial charge in [-0.25, -0.2) is 0 Å². The van der Waals surface area contributed by atoms with Gasteiger partial charge in [-0.1, -0.05) is 58.7 Å². The fourth-order valence-electron chi connectivity index (χ4n) is 2.14. The number of unbranched alkanes of at least 4 members (excludes halogenated alkanes) is 2.